The van der Waals surface area contributed by atoms with Crippen molar-refractivity contribution in [1.29, 1.82) is 0 Å². The van der Waals surface area contributed by atoms with Gasteiger partial charge in [-0.05, 0) is 26.0 Å². The number of nitrogens with two attached hydrogens (primary N) is 1. The van der Waals surface area contributed by atoms with Crippen LogP contribution in [0.5, 0.6) is 5.75 Å². The van der Waals surface area contributed by atoms with E-state index in [0.717, 1.165) is 5.69 Å². The van der Waals surface area contributed by atoms with Crippen molar-refractivity contribution < 1.29 is 9.53 Å². The molecule has 0 aliphatic carbocycles. The number of nitrogens with one attached hydrogen (secondary N) is 2. The number of halogens is 1. The number of nitrogens with zero attached hydrogens (tertiary/aromatic N) is 1. The Hall–Kier alpha value is -1.51. The Morgan fingerprint density at radius 1 is 1.38 bits per heavy atom. The number of anilines is 1. The maximum atomic E-state index is 11.4. The van der Waals surface area contributed by atoms with E-state index < -0.39 is 0 Å². The second-order valence-corrected chi connectivity index (χ2v) is 4.56. The molecule has 0 fully saturated rings. The van der Waals surface area contributed by atoms with E-state index in [4.69, 9.17) is 10.5 Å². The zero-order valence-electron chi connectivity index (χ0n) is 12.6. The fourth-order valence-electron chi connectivity index (χ4n) is 1.60. The second kappa shape index (κ2) is 10.3. The number of ether oxygens (including phenoxy) is 1. The molecule has 0 spiro atoms. The molecule has 4 N–H and O–H groups in total. The maximum Gasteiger partial charge on any atom is 0.222 e. The third kappa shape index (κ3) is 7.74. The second-order valence-electron chi connectivity index (χ2n) is 4.56. The SMILES string of the molecule is COc1ccccc1NC(N)=NCCC(=O)NC(C)C.I. The number of methoxy groups -OCH3 is 1. The Bertz CT molecular complexity index is 478. The number of hydrogen-bond donors (Lipinski definition) is 3. The number of hydrogen-bond acceptors (Lipinski definition) is 3. The van der Waals surface area contributed by atoms with Gasteiger partial charge in [-0.3, -0.25) is 9.79 Å². The Morgan fingerprint density at radius 2 is 2.05 bits per heavy atom. The average molecular weight is 406 g/mol. The van der Waals surface area contributed by atoms with Gasteiger partial charge in [-0.15, -0.1) is 24.0 Å². The molecule has 1 aromatic rings. The molecule has 0 bridgehead atoms. The Balaban J connectivity index is 0.00000400. The van der Waals surface area contributed by atoms with Gasteiger partial charge in [-0.1, -0.05) is 12.1 Å². The Kier molecular flexibility index (Phi) is 9.51. The van der Waals surface area contributed by atoms with Gasteiger partial charge in [-0.25, -0.2) is 0 Å². The number of amides is 1. The minimum Gasteiger partial charge on any atom is -0.495 e. The van der Waals surface area contributed by atoms with E-state index >= 15 is 0 Å². The van der Waals surface area contributed by atoms with Crippen molar-refractivity contribution in [2.75, 3.05) is 19.0 Å². The number of carbonyl (C=O) groups excluding carboxylic acids is 1. The molecule has 1 amide bonds. The van der Waals surface area contributed by atoms with Gasteiger partial charge in [-0.2, -0.15) is 0 Å². The Morgan fingerprint density at radius 3 is 2.67 bits per heavy atom. The lowest BCUT2D eigenvalue weighted by Gasteiger charge is -2.10. The molecule has 7 heteroatoms. The van der Waals surface area contributed by atoms with E-state index in [0.29, 0.717) is 18.7 Å². The van der Waals surface area contributed by atoms with Crippen molar-refractivity contribution in [1.82, 2.24) is 5.32 Å². The van der Waals surface area contributed by atoms with Crippen molar-refractivity contribution >= 4 is 41.5 Å². The minimum atomic E-state index is -0.0335. The first-order chi connectivity index (χ1) is 9.52. The van der Waals surface area contributed by atoms with Gasteiger partial charge in [0.25, 0.3) is 0 Å². The summed E-state index contributed by atoms with van der Waals surface area (Å²) in [4.78, 5) is 15.5. The summed E-state index contributed by atoms with van der Waals surface area (Å²) >= 11 is 0. The number of guanidine groups is 1. The van der Waals surface area contributed by atoms with Crippen LogP contribution in [0.15, 0.2) is 29.3 Å². The van der Waals surface area contributed by atoms with Crippen LogP contribution in [-0.4, -0.2) is 31.6 Å². The first-order valence-electron chi connectivity index (χ1n) is 6.52. The summed E-state index contributed by atoms with van der Waals surface area (Å²) in [6, 6.07) is 7.54. The monoisotopic (exact) mass is 406 g/mol. The minimum absolute atomic E-state index is 0. The van der Waals surface area contributed by atoms with Gasteiger partial charge in [0.05, 0.1) is 19.3 Å². The van der Waals surface area contributed by atoms with E-state index in [-0.39, 0.29) is 41.9 Å². The molecule has 21 heavy (non-hydrogen) atoms. The summed E-state index contributed by atoms with van der Waals surface area (Å²) < 4.78 is 5.20. The summed E-state index contributed by atoms with van der Waals surface area (Å²) in [6.45, 7) is 4.17. The van der Waals surface area contributed by atoms with Crippen LogP contribution in [0.1, 0.15) is 20.3 Å². The first-order valence-corrected chi connectivity index (χ1v) is 6.52. The topological polar surface area (TPSA) is 88.7 Å². The molecular formula is C14H23IN4O2. The van der Waals surface area contributed by atoms with Crippen LogP contribution in [0.2, 0.25) is 0 Å². The molecule has 0 heterocycles. The third-order valence-corrected chi connectivity index (χ3v) is 2.44. The zero-order valence-corrected chi connectivity index (χ0v) is 14.9. The normalized spacial score (nSPS) is 10.8. The third-order valence-electron chi connectivity index (χ3n) is 2.44. The smallest absolute Gasteiger partial charge is 0.222 e. The van der Waals surface area contributed by atoms with E-state index in [1.165, 1.54) is 0 Å². The molecule has 0 aliphatic rings. The van der Waals surface area contributed by atoms with Gasteiger partial charge < -0.3 is 21.1 Å². The summed E-state index contributed by atoms with van der Waals surface area (Å²) in [5, 5.41) is 5.74. The van der Waals surface area contributed by atoms with Gasteiger partial charge in [0.2, 0.25) is 5.91 Å². The van der Waals surface area contributed by atoms with Crippen LogP contribution in [0, 0.1) is 0 Å². The van der Waals surface area contributed by atoms with Crippen molar-refractivity contribution in [3.63, 3.8) is 0 Å². The number of benzene rings is 1. The predicted octanol–water partition coefficient (Wildman–Crippen LogP) is 1.95. The van der Waals surface area contributed by atoms with Crippen LogP contribution in [-0.2, 0) is 4.79 Å². The number of para-hydroxylation sites is 2. The van der Waals surface area contributed by atoms with Crippen LogP contribution < -0.4 is 21.1 Å². The fraction of sp³-hybridized carbons (Fsp3) is 0.429. The highest BCUT2D eigenvalue weighted by molar-refractivity contribution is 14.0. The zero-order chi connectivity index (χ0) is 15.0. The highest BCUT2D eigenvalue weighted by Gasteiger charge is 2.04. The molecular weight excluding hydrogens is 383 g/mol. The maximum absolute atomic E-state index is 11.4. The summed E-state index contributed by atoms with van der Waals surface area (Å²) in [7, 11) is 1.59. The van der Waals surface area contributed by atoms with E-state index in [2.05, 4.69) is 15.6 Å². The molecule has 0 aromatic heterocycles. The lowest BCUT2D eigenvalue weighted by atomic mass is 10.3. The average Bonchev–Trinajstić information content (AvgIpc) is 2.38. The van der Waals surface area contributed by atoms with Gasteiger partial charge >= 0.3 is 0 Å². The number of rotatable bonds is 6. The van der Waals surface area contributed by atoms with Gasteiger partial charge in [0, 0.05) is 12.5 Å². The largest absolute Gasteiger partial charge is 0.495 e. The predicted molar refractivity (Wildman–Crippen MR) is 96.4 cm³/mol. The van der Waals surface area contributed by atoms with Crippen LogP contribution in [0.25, 0.3) is 0 Å². The van der Waals surface area contributed by atoms with Crippen molar-refractivity contribution in [2.45, 2.75) is 26.3 Å². The quantitative estimate of drug-likeness (QED) is 0.383. The number of carbonyl (C=O) groups is 1. The molecule has 0 radical (unpaired) electrons. The lowest BCUT2D eigenvalue weighted by Crippen LogP contribution is -2.30. The molecule has 0 saturated carbocycles. The fourth-order valence-corrected chi connectivity index (χ4v) is 1.60. The van der Waals surface area contributed by atoms with E-state index in [9.17, 15) is 4.79 Å². The molecule has 0 unspecified atom stereocenters. The van der Waals surface area contributed by atoms with E-state index in [1.54, 1.807) is 7.11 Å². The highest BCUT2D eigenvalue weighted by Crippen LogP contribution is 2.22. The molecule has 1 rings (SSSR count). The van der Waals surface area contributed by atoms with E-state index in [1.807, 2.05) is 38.1 Å². The molecule has 1 aromatic carbocycles. The molecule has 0 atom stereocenters. The standard InChI is InChI=1S/C14H22N4O2.HI/c1-10(2)17-13(19)8-9-16-14(15)18-11-6-4-5-7-12(11)20-3;/h4-7,10H,8-9H2,1-3H3,(H,17,19)(H3,15,16,18);1H. The summed E-state index contributed by atoms with van der Waals surface area (Å²) in [6.07, 6.45) is 0.312. The van der Waals surface area contributed by atoms with Gasteiger partial charge in [0.15, 0.2) is 5.96 Å². The Labute approximate surface area is 142 Å². The van der Waals surface area contributed by atoms with Crippen molar-refractivity contribution in [3.05, 3.63) is 24.3 Å². The number of aliphatic imine (C=N–C) groups is 1. The van der Waals surface area contributed by atoms with Crippen molar-refractivity contribution in [2.24, 2.45) is 10.7 Å². The van der Waals surface area contributed by atoms with Crippen LogP contribution in [0.4, 0.5) is 5.69 Å². The van der Waals surface area contributed by atoms with Crippen LogP contribution in [0.3, 0.4) is 0 Å². The molecule has 6 nitrogen and oxygen atoms in total. The summed E-state index contributed by atoms with van der Waals surface area (Å²) in [5.41, 5.74) is 6.51. The molecule has 0 aliphatic heterocycles. The molecule has 118 valence electrons. The first kappa shape index (κ1) is 19.5. The molecule has 0 saturated heterocycles. The highest BCUT2D eigenvalue weighted by atomic mass is 127. The van der Waals surface area contributed by atoms with Crippen molar-refractivity contribution in [3.8, 4) is 5.75 Å². The summed E-state index contributed by atoms with van der Waals surface area (Å²) in [5.74, 6) is 0.906. The lowest BCUT2D eigenvalue weighted by molar-refractivity contribution is -0.121. The van der Waals surface area contributed by atoms with Crippen LogP contribution >= 0.6 is 24.0 Å². The van der Waals surface area contributed by atoms with Gasteiger partial charge in [0.1, 0.15) is 5.75 Å².